The number of hydrogen-bond acceptors (Lipinski definition) is 7. The minimum absolute atomic E-state index is 0.0232. The number of carbonyl (C=O) groups excluding carboxylic acids is 1. The number of pyridine rings is 1. The summed E-state index contributed by atoms with van der Waals surface area (Å²) in [5.41, 5.74) is 3.67. The van der Waals surface area contributed by atoms with Gasteiger partial charge < -0.3 is 23.7 Å². The first-order valence-corrected chi connectivity index (χ1v) is 13.8. The van der Waals surface area contributed by atoms with Crippen LogP contribution >= 0.6 is 0 Å². The second-order valence-electron chi connectivity index (χ2n) is 11.8. The van der Waals surface area contributed by atoms with Crippen LogP contribution in [0, 0.1) is 12.8 Å². The number of esters is 1. The Bertz CT molecular complexity index is 1350. The summed E-state index contributed by atoms with van der Waals surface area (Å²) >= 11 is 0. The number of aryl methyl sites for hydroxylation is 2. The molecule has 1 unspecified atom stereocenters. The predicted molar refractivity (Wildman–Crippen MR) is 152 cm³/mol. The zero-order valence-corrected chi connectivity index (χ0v) is 24.2. The molecular formula is C30H42N4O5. The molecule has 0 aliphatic carbocycles. The number of aliphatic hydroxyl groups excluding tert-OH is 1. The molecule has 1 aromatic carbocycles. The van der Waals surface area contributed by atoms with Gasteiger partial charge in [-0.15, -0.1) is 0 Å². The second-order valence-corrected chi connectivity index (χ2v) is 11.8. The molecule has 1 fully saturated rings. The van der Waals surface area contributed by atoms with Crippen molar-refractivity contribution in [2.75, 3.05) is 13.2 Å². The second kappa shape index (κ2) is 11.6. The lowest BCUT2D eigenvalue weighted by atomic mass is 9.92. The summed E-state index contributed by atoms with van der Waals surface area (Å²) in [6.07, 6.45) is 2.91. The average Bonchev–Trinajstić information content (AvgIpc) is 3.24. The predicted octanol–water partition coefficient (Wildman–Crippen LogP) is 3.88. The Morgan fingerprint density at radius 2 is 1.92 bits per heavy atom. The minimum Gasteiger partial charge on any atom is -0.459 e. The number of benzene rings is 1. The maximum absolute atomic E-state index is 12.6. The van der Waals surface area contributed by atoms with E-state index in [2.05, 4.69) is 22.9 Å². The molecule has 3 aromatic rings. The molecule has 1 aliphatic heterocycles. The van der Waals surface area contributed by atoms with E-state index in [0.29, 0.717) is 18.0 Å². The van der Waals surface area contributed by atoms with E-state index in [4.69, 9.17) is 14.5 Å². The topological polar surface area (TPSA) is 108 Å². The van der Waals surface area contributed by atoms with Crippen molar-refractivity contribution >= 4 is 17.0 Å². The maximum atomic E-state index is 12.6. The Hall–Kier alpha value is -3.01. The molecule has 2 N–H and O–H groups in total. The number of carbonyl (C=O) groups is 1. The highest BCUT2D eigenvalue weighted by Crippen LogP contribution is 2.35. The Morgan fingerprint density at radius 1 is 1.23 bits per heavy atom. The Kier molecular flexibility index (Phi) is 8.63. The molecule has 3 atom stereocenters. The molecule has 212 valence electrons. The van der Waals surface area contributed by atoms with Crippen LogP contribution in [0.15, 0.2) is 35.3 Å². The van der Waals surface area contributed by atoms with Gasteiger partial charge in [0.2, 0.25) is 0 Å². The van der Waals surface area contributed by atoms with Gasteiger partial charge in [-0.1, -0.05) is 6.07 Å². The third-order valence-corrected chi connectivity index (χ3v) is 7.40. The van der Waals surface area contributed by atoms with Gasteiger partial charge in [0, 0.05) is 50.2 Å². The van der Waals surface area contributed by atoms with Crippen LogP contribution in [0.4, 0.5) is 0 Å². The van der Waals surface area contributed by atoms with Crippen LogP contribution in [-0.4, -0.2) is 56.2 Å². The van der Waals surface area contributed by atoms with E-state index in [1.54, 1.807) is 39.3 Å². The number of nitrogens with zero attached hydrogens (tertiary/aromatic N) is 3. The normalized spacial score (nSPS) is 17.2. The van der Waals surface area contributed by atoms with Crippen molar-refractivity contribution in [1.29, 1.82) is 0 Å². The third-order valence-electron chi connectivity index (χ3n) is 7.40. The molecule has 0 bridgehead atoms. The summed E-state index contributed by atoms with van der Waals surface area (Å²) in [5.74, 6) is 0.786. The fourth-order valence-electron chi connectivity index (χ4n) is 5.32. The number of aliphatic hydroxyl groups is 1. The van der Waals surface area contributed by atoms with Gasteiger partial charge in [-0.05, 0) is 84.1 Å². The number of ether oxygens (including phenoxy) is 2. The number of imidazole rings is 1. The van der Waals surface area contributed by atoms with Crippen LogP contribution in [-0.2, 0) is 27.9 Å². The molecule has 9 nitrogen and oxygen atoms in total. The minimum atomic E-state index is -0.914. The number of fused-ring (bicyclic) bond motifs is 1. The number of nitrogens with one attached hydrogen (secondary N) is 1. The van der Waals surface area contributed by atoms with Crippen molar-refractivity contribution in [1.82, 2.24) is 19.4 Å². The molecule has 0 radical (unpaired) electrons. The fraction of sp³-hybridized carbons (Fsp3) is 0.567. The maximum Gasteiger partial charge on any atom is 0.326 e. The van der Waals surface area contributed by atoms with Crippen molar-refractivity contribution in [3.8, 4) is 11.4 Å². The Labute approximate surface area is 230 Å². The summed E-state index contributed by atoms with van der Waals surface area (Å²) in [4.78, 5) is 30.1. The van der Waals surface area contributed by atoms with Crippen molar-refractivity contribution in [2.45, 2.75) is 84.7 Å². The van der Waals surface area contributed by atoms with Crippen molar-refractivity contribution in [3.63, 3.8) is 0 Å². The van der Waals surface area contributed by atoms with Gasteiger partial charge >= 0.3 is 5.97 Å². The monoisotopic (exact) mass is 538 g/mol. The summed E-state index contributed by atoms with van der Waals surface area (Å²) in [5, 5.41) is 13.4. The molecule has 0 saturated carbocycles. The summed E-state index contributed by atoms with van der Waals surface area (Å²) < 4.78 is 15.0. The van der Waals surface area contributed by atoms with Crippen LogP contribution in [0.25, 0.3) is 22.4 Å². The lowest BCUT2D eigenvalue weighted by Crippen LogP contribution is -2.47. The lowest BCUT2D eigenvalue weighted by Gasteiger charge is -2.30. The Balaban J connectivity index is 1.70. The standard InChI is InChI=1S/C30H42N4O5/c1-18-14-23(17-33(7)28(18)36)27-32-24-15-21(16-31-26(20(3)35)29(37)39-30(4,5)6)8-9-25(24)34(27)19(2)22-10-12-38-13-11-22/h8-9,14-15,17,19-20,22,26,31,35H,10-13,16H2,1-7H3/t19?,20-,26+/m1/s1. The van der Waals surface area contributed by atoms with Crippen molar-refractivity contribution < 1.29 is 19.4 Å². The fourth-order valence-corrected chi connectivity index (χ4v) is 5.32. The SMILES string of the molecule is Cc1cc(-c2nc3cc(CN[C@H](C(=O)OC(C)(C)C)[C@@H](C)O)ccc3n2C(C)C2CCOCC2)cn(C)c1=O. The van der Waals surface area contributed by atoms with E-state index in [9.17, 15) is 14.7 Å². The largest absolute Gasteiger partial charge is 0.459 e. The zero-order chi connectivity index (χ0) is 28.5. The molecule has 1 saturated heterocycles. The quantitative estimate of drug-likeness (QED) is 0.419. The van der Waals surface area contributed by atoms with Gasteiger partial charge in [-0.25, -0.2) is 4.98 Å². The molecule has 4 rings (SSSR count). The molecule has 0 amide bonds. The number of aromatic nitrogens is 3. The number of rotatable bonds is 8. The molecule has 39 heavy (non-hydrogen) atoms. The molecule has 3 heterocycles. The summed E-state index contributed by atoms with van der Waals surface area (Å²) in [6, 6.07) is 7.35. The van der Waals surface area contributed by atoms with Crippen LogP contribution in [0.1, 0.15) is 64.6 Å². The number of hydrogen-bond donors (Lipinski definition) is 2. The Morgan fingerprint density at radius 3 is 2.54 bits per heavy atom. The smallest absolute Gasteiger partial charge is 0.326 e. The van der Waals surface area contributed by atoms with E-state index in [1.165, 1.54) is 0 Å². The highest BCUT2D eigenvalue weighted by Gasteiger charge is 2.29. The van der Waals surface area contributed by atoms with Crippen LogP contribution in [0.2, 0.25) is 0 Å². The third kappa shape index (κ3) is 6.59. The van der Waals surface area contributed by atoms with Gasteiger partial charge in [0.25, 0.3) is 5.56 Å². The molecule has 1 aliphatic rings. The van der Waals surface area contributed by atoms with Crippen molar-refractivity contribution in [2.24, 2.45) is 13.0 Å². The van der Waals surface area contributed by atoms with E-state index in [0.717, 1.165) is 54.0 Å². The summed E-state index contributed by atoms with van der Waals surface area (Å²) in [6.45, 7) is 12.9. The van der Waals surface area contributed by atoms with Gasteiger partial charge in [-0.3, -0.25) is 14.9 Å². The van der Waals surface area contributed by atoms with E-state index in [1.807, 2.05) is 31.3 Å². The van der Waals surface area contributed by atoms with Crippen LogP contribution < -0.4 is 10.9 Å². The highest BCUT2D eigenvalue weighted by atomic mass is 16.6. The van der Waals surface area contributed by atoms with Gasteiger partial charge in [0.05, 0.1) is 17.1 Å². The van der Waals surface area contributed by atoms with E-state index < -0.39 is 23.7 Å². The molecule has 9 heteroatoms. The first-order valence-electron chi connectivity index (χ1n) is 13.8. The molecule has 2 aromatic heterocycles. The zero-order valence-electron chi connectivity index (χ0n) is 24.2. The van der Waals surface area contributed by atoms with Crippen LogP contribution in [0.3, 0.4) is 0 Å². The average molecular weight is 539 g/mol. The lowest BCUT2D eigenvalue weighted by molar-refractivity contribution is -0.160. The first-order chi connectivity index (χ1) is 18.4. The summed E-state index contributed by atoms with van der Waals surface area (Å²) in [7, 11) is 1.76. The molecular weight excluding hydrogens is 496 g/mol. The van der Waals surface area contributed by atoms with Crippen molar-refractivity contribution in [3.05, 3.63) is 51.9 Å². The van der Waals surface area contributed by atoms with Gasteiger partial charge in [0.1, 0.15) is 17.5 Å². The highest BCUT2D eigenvalue weighted by molar-refractivity contribution is 5.82. The molecule has 0 spiro atoms. The first kappa shape index (κ1) is 29.0. The van der Waals surface area contributed by atoms with Gasteiger partial charge in [0.15, 0.2) is 0 Å². The van der Waals surface area contributed by atoms with Crippen LogP contribution in [0.5, 0.6) is 0 Å². The van der Waals surface area contributed by atoms with Gasteiger partial charge in [-0.2, -0.15) is 0 Å². The van der Waals surface area contributed by atoms with E-state index in [-0.39, 0.29) is 11.6 Å². The van der Waals surface area contributed by atoms with E-state index >= 15 is 0 Å².